The van der Waals surface area contributed by atoms with Gasteiger partial charge in [0.2, 0.25) is 11.8 Å². The maximum atomic E-state index is 14.5. The molecule has 0 aromatic heterocycles. The summed E-state index contributed by atoms with van der Waals surface area (Å²) in [5.41, 5.74) is 2.33. The third-order valence-corrected chi connectivity index (χ3v) is 9.99. The minimum absolute atomic E-state index is 0.155. The number of hydrogen-bond donors (Lipinski definition) is 1. The van der Waals surface area contributed by atoms with E-state index < -0.39 is 40.2 Å². The second-order valence-electron chi connectivity index (χ2n) is 10.9. The number of halogens is 3. The van der Waals surface area contributed by atoms with Crippen LogP contribution in [0.4, 0.5) is 10.1 Å². The fourth-order valence-corrected chi connectivity index (χ4v) is 6.82. The second kappa shape index (κ2) is 16.1. The van der Waals surface area contributed by atoms with Gasteiger partial charge in [-0.3, -0.25) is 13.9 Å². The molecule has 0 aliphatic carbocycles. The minimum Gasteiger partial charge on any atom is -0.354 e. The van der Waals surface area contributed by atoms with Crippen molar-refractivity contribution in [2.45, 2.75) is 50.6 Å². The number of sulfonamides is 1. The number of carbonyl (C=O) groups is 2. The van der Waals surface area contributed by atoms with Gasteiger partial charge in [-0.1, -0.05) is 90.6 Å². The van der Waals surface area contributed by atoms with Crippen molar-refractivity contribution in [3.63, 3.8) is 0 Å². The third-order valence-electron chi connectivity index (χ3n) is 7.49. The molecule has 1 N–H and O–H groups in total. The summed E-state index contributed by atoms with van der Waals surface area (Å²) in [5.74, 6) is -1.65. The Balaban J connectivity index is 1.82. The Hall–Kier alpha value is -3.92. The average Bonchev–Trinajstić information content (AvgIpc) is 3.04. The highest BCUT2D eigenvalue weighted by molar-refractivity contribution is 7.92. The van der Waals surface area contributed by atoms with Crippen LogP contribution < -0.4 is 9.62 Å². The van der Waals surface area contributed by atoms with Crippen molar-refractivity contribution in [2.75, 3.05) is 17.4 Å². The van der Waals surface area contributed by atoms with E-state index in [1.165, 1.54) is 4.90 Å². The van der Waals surface area contributed by atoms with Crippen LogP contribution in [0.25, 0.3) is 0 Å². The fourth-order valence-electron chi connectivity index (χ4n) is 4.89. The number of anilines is 1. The van der Waals surface area contributed by atoms with Crippen molar-refractivity contribution in [3.05, 3.63) is 130 Å². The van der Waals surface area contributed by atoms with Crippen LogP contribution in [0.5, 0.6) is 0 Å². The first-order chi connectivity index (χ1) is 22.0. The van der Waals surface area contributed by atoms with Crippen molar-refractivity contribution in [3.8, 4) is 0 Å². The van der Waals surface area contributed by atoms with Crippen LogP contribution in [0, 0.1) is 12.7 Å². The average molecular weight is 685 g/mol. The van der Waals surface area contributed by atoms with Gasteiger partial charge in [-0.15, -0.1) is 0 Å². The van der Waals surface area contributed by atoms with Crippen LogP contribution in [-0.4, -0.2) is 44.3 Å². The van der Waals surface area contributed by atoms with Gasteiger partial charge >= 0.3 is 0 Å². The van der Waals surface area contributed by atoms with E-state index in [-0.39, 0.29) is 23.5 Å². The van der Waals surface area contributed by atoms with Crippen LogP contribution in [0.1, 0.15) is 36.5 Å². The van der Waals surface area contributed by atoms with Crippen LogP contribution in [0.2, 0.25) is 10.0 Å². The molecule has 2 amide bonds. The van der Waals surface area contributed by atoms with Crippen molar-refractivity contribution in [1.82, 2.24) is 10.2 Å². The molecule has 4 rings (SSSR count). The Morgan fingerprint density at radius 2 is 1.50 bits per heavy atom. The first-order valence-electron chi connectivity index (χ1n) is 14.9. The summed E-state index contributed by atoms with van der Waals surface area (Å²) in [6.45, 7) is 3.45. The molecule has 4 aromatic carbocycles. The third kappa shape index (κ3) is 8.87. The number of nitrogens with one attached hydrogen (secondary N) is 1. The number of rotatable bonds is 14. The normalized spacial score (nSPS) is 11.9. The maximum absolute atomic E-state index is 14.5. The van der Waals surface area contributed by atoms with Gasteiger partial charge < -0.3 is 10.2 Å². The SMILES string of the molecule is CCCCNC(=O)[C@H](Cc1ccccc1)N(Cc1c(Cl)cccc1Cl)C(=O)CN(c1ccc(C)cc1)S(=O)(=O)c1ccc(F)cc1. The smallest absolute Gasteiger partial charge is 0.264 e. The summed E-state index contributed by atoms with van der Waals surface area (Å²) in [6.07, 6.45) is 1.75. The molecule has 0 spiro atoms. The molecule has 1 atom stereocenters. The Bertz CT molecular complexity index is 1720. The topological polar surface area (TPSA) is 86.8 Å². The number of nitrogens with zero attached hydrogens (tertiary/aromatic N) is 2. The van der Waals surface area contributed by atoms with Gasteiger partial charge in [0.1, 0.15) is 18.4 Å². The molecule has 46 heavy (non-hydrogen) atoms. The number of aryl methyl sites for hydroxylation is 1. The van der Waals surface area contributed by atoms with E-state index in [4.69, 9.17) is 23.2 Å². The Morgan fingerprint density at radius 3 is 2.11 bits per heavy atom. The first kappa shape index (κ1) is 34.9. The fraction of sp³-hybridized carbons (Fsp3) is 0.257. The zero-order chi connectivity index (χ0) is 33.3. The zero-order valence-electron chi connectivity index (χ0n) is 25.6. The largest absolute Gasteiger partial charge is 0.354 e. The van der Waals surface area contributed by atoms with Crippen LogP contribution >= 0.6 is 23.2 Å². The monoisotopic (exact) mass is 683 g/mol. The predicted molar refractivity (Wildman–Crippen MR) is 181 cm³/mol. The molecule has 11 heteroatoms. The van der Waals surface area contributed by atoms with E-state index in [9.17, 15) is 22.4 Å². The van der Waals surface area contributed by atoms with E-state index >= 15 is 0 Å². The van der Waals surface area contributed by atoms with Crippen molar-refractivity contribution in [1.29, 1.82) is 0 Å². The number of amides is 2. The van der Waals surface area contributed by atoms with Crippen molar-refractivity contribution >= 4 is 50.7 Å². The molecule has 0 aliphatic heterocycles. The highest BCUT2D eigenvalue weighted by Gasteiger charge is 2.35. The lowest BCUT2D eigenvalue weighted by Gasteiger charge is -2.34. The molecule has 0 unspecified atom stereocenters. The lowest BCUT2D eigenvalue weighted by Crippen LogP contribution is -2.53. The quantitative estimate of drug-likeness (QED) is 0.143. The van der Waals surface area contributed by atoms with E-state index in [0.717, 1.165) is 52.5 Å². The maximum Gasteiger partial charge on any atom is 0.264 e. The summed E-state index contributed by atoms with van der Waals surface area (Å²) < 4.78 is 42.8. The number of benzene rings is 4. The Morgan fingerprint density at radius 1 is 0.870 bits per heavy atom. The van der Waals surface area contributed by atoms with E-state index in [1.54, 1.807) is 42.5 Å². The molecule has 0 bridgehead atoms. The molecule has 0 aliphatic rings. The molecular weight excluding hydrogens is 648 g/mol. The molecule has 0 saturated carbocycles. The van der Waals surface area contributed by atoms with Crippen molar-refractivity contribution in [2.24, 2.45) is 0 Å². The van der Waals surface area contributed by atoms with Gasteiger partial charge in [0.15, 0.2) is 0 Å². The summed E-state index contributed by atoms with van der Waals surface area (Å²) >= 11 is 13.1. The van der Waals surface area contributed by atoms with Gasteiger partial charge in [-0.25, -0.2) is 12.8 Å². The standard InChI is InChI=1S/C35H36Cl2FN3O4S/c1-3-4-21-39-35(43)33(22-26-9-6-5-7-10-26)40(23-30-31(36)11-8-12-32(30)37)34(42)24-41(28-17-13-25(2)14-18-28)46(44,45)29-19-15-27(38)16-20-29/h5-20,33H,3-4,21-24H2,1-2H3,(H,39,43)/t33-/m0/s1. The van der Waals surface area contributed by atoms with E-state index in [1.807, 2.05) is 44.2 Å². The van der Waals surface area contributed by atoms with Gasteiger partial charge in [0, 0.05) is 35.1 Å². The van der Waals surface area contributed by atoms with Gasteiger partial charge in [-0.05, 0) is 67.4 Å². The highest BCUT2D eigenvalue weighted by atomic mass is 35.5. The lowest BCUT2D eigenvalue weighted by atomic mass is 10.0. The Labute approximate surface area is 280 Å². The first-order valence-corrected chi connectivity index (χ1v) is 17.1. The summed E-state index contributed by atoms with van der Waals surface area (Å²) in [7, 11) is -4.36. The molecule has 0 heterocycles. The van der Waals surface area contributed by atoms with E-state index in [2.05, 4.69) is 5.32 Å². The van der Waals surface area contributed by atoms with Gasteiger partial charge in [-0.2, -0.15) is 0 Å². The molecule has 242 valence electrons. The number of unbranched alkanes of at least 4 members (excludes halogenated alkanes) is 1. The van der Waals surface area contributed by atoms with Crippen LogP contribution in [0.3, 0.4) is 0 Å². The second-order valence-corrected chi connectivity index (χ2v) is 13.5. The molecule has 0 radical (unpaired) electrons. The molecule has 4 aromatic rings. The minimum atomic E-state index is -4.36. The summed E-state index contributed by atoms with van der Waals surface area (Å²) in [4.78, 5) is 29.5. The van der Waals surface area contributed by atoms with E-state index in [0.29, 0.717) is 22.2 Å². The summed E-state index contributed by atoms with van der Waals surface area (Å²) in [6, 6.07) is 24.2. The molecule has 7 nitrogen and oxygen atoms in total. The predicted octanol–water partition coefficient (Wildman–Crippen LogP) is 7.19. The van der Waals surface area contributed by atoms with Gasteiger partial charge in [0.25, 0.3) is 10.0 Å². The molecule has 0 fully saturated rings. The summed E-state index contributed by atoms with van der Waals surface area (Å²) in [5, 5.41) is 3.53. The molecular formula is C35H36Cl2FN3O4S. The highest BCUT2D eigenvalue weighted by Crippen LogP contribution is 2.29. The van der Waals surface area contributed by atoms with Gasteiger partial charge in [0.05, 0.1) is 10.6 Å². The van der Waals surface area contributed by atoms with Crippen LogP contribution in [0.15, 0.2) is 102 Å². The zero-order valence-corrected chi connectivity index (χ0v) is 28.0. The Kier molecular flexibility index (Phi) is 12.2. The number of hydrogen-bond acceptors (Lipinski definition) is 4. The van der Waals surface area contributed by atoms with Crippen molar-refractivity contribution < 1.29 is 22.4 Å². The van der Waals surface area contributed by atoms with Crippen LogP contribution in [-0.2, 0) is 32.6 Å². The molecule has 0 saturated heterocycles. The lowest BCUT2D eigenvalue weighted by molar-refractivity contribution is -0.140. The number of carbonyl (C=O) groups excluding carboxylic acids is 2.